The largest absolute Gasteiger partial charge is 0.483 e. The Balaban J connectivity index is 1.27. The van der Waals surface area contributed by atoms with Crippen molar-refractivity contribution in [1.82, 2.24) is 19.5 Å². The maximum absolute atomic E-state index is 13.2. The first-order valence-corrected chi connectivity index (χ1v) is 15.4. The highest BCUT2D eigenvalue weighted by Crippen LogP contribution is 2.61. The molecule has 234 valence electrons. The summed E-state index contributed by atoms with van der Waals surface area (Å²) in [6.45, 7) is -1.73. The lowest BCUT2D eigenvalue weighted by Gasteiger charge is -2.22. The smallest absolute Gasteiger partial charge is 0.387 e. The fourth-order valence-corrected chi connectivity index (χ4v) is 6.70. The van der Waals surface area contributed by atoms with Crippen LogP contribution in [0.5, 0.6) is 0 Å². The summed E-state index contributed by atoms with van der Waals surface area (Å²) in [7, 11) is -10.7. The van der Waals surface area contributed by atoms with Gasteiger partial charge in [0.15, 0.2) is 42.5 Å². The van der Waals surface area contributed by atoms with Gasteiger partial charge in [0, 0.05) is 6.07 Å². The van der Waals surface area contributed by atoms with Crippen molar-refractivity contribution in [1.29, 1.82) is 0 Å². The molecule has 20 nitrogen and oxygen atoms in total. The molecular formula is C21H27N6O14P2+. The molecule has 0 bridgehead atoms. The highest BCUT2D eigenvalue weighted by Gasteiger charge is 2.51. The van der Waals surface area contributed by atoms with Crippen LogP contribution in [0.3, 0.4) is 0 Å². The fourth-order valence-electron chi connectivity index (χ4n) is 4.55. The number of pyridine rings is 1. The summed E-state index contributed by atoms with van der Waals surface area (Å²) in [5.74, 6) is 0.0487. The van der Waals surface area contributed by atoms with Gasteiger partial charge in [-0.05, 0) is 6.07 Å². The third-order valence-corrected chi connectivity index (χ3v) is 9.19. The second kappa shape index (κ2) is 12.3. The molecule has 2 aliphatic rings. The average molecular weight is 649 g/mol. The van der Waals surface area contributed by atoms with E-state index in [2.05, 4.69) is 19.3 Å². The van der Waals surface area contributed by atoms with Crippen LogP contribution in [0.15, 0.2) is 37.2 Å². The van der Waals surface area contributed by atoms with Gasteiger partial charge in [0.2, 0.25) is 0 Å². The molecule has 2 aliphatic heterocycles. The number of phosphoric ester groups is 1. The first-order chi connectivity index (χ1) is 20.3. The van der Waals surface area contributed by atoms with Gasteiger partial charge >= 0.3 is 15.6 Å². The molecule has 0 aromatic carbocycles. The number of aliphatic hydroxyl groups excluding tert-OH is 4. The zero-order valence-electron chi connectivity index (χ0n) is 21.7. The molecule has 0 amide bonds. The van der Waals surface area contributed by atoms with E-state index in [-0.39, 0.29) is 22.5 Å². The topological polar surface area (TPSA) is 292 Å². The molecule has 9 atom stereocenters. The van der Waals surface area contributed by atoms with Crippen LogP contribution in [0.2, 0.25) is 0 Å². The first-order valence-electron chi connectivity index (χ1n) is 12.4. The Bertz CT molecular complexity index is 1570. The van der Waals surface area contributed by atoms with Crippen LogP contribution in [0.1, 0.15) is 22.8 Å². The molecule has 8 N–H and O–H groups in total. The second-order valence-corrected chi connectivity index (χ2v) is 12.5. The molecule has 3 aromatic heterocycles. The summed E-state index contributed by atoms with van der Waals surface area (Å²) in [6.07, 6.45) is -6.09. The Labute approximate surface area is 241 Å². The number of nitrogens with two attached hydrogens (primary N) is 1. The van der Waals surface area contributed by atoms with Gasteiger partial charge in [0.1, 0.15) is 42.4 Å². The molecule has 22 heteroatoms. The molecule has 43 heavy (non-hydrogen) atoms. The predicted molar refractivity (Wildman–Crippen MR) is 136 cm³/mol. The normalized spacial score (nSPS) is 30.9. The number of phosphoric acid groups is 2. The molecule has 2 saturated heterocycles. The number of carbonyl (C=O) groups excluding carboxylic acids is 1. The van der Waals surface area contributed by atoms with Gasteiger partial charge in [0.05, 0.1) is 25.1 Å². The van der Waals surface area contributed by atoms with Gasteiger partial charge in [-0.15, -0.1) is 0 Å². The zero-order valence-corrected chi connectivity index (χ0v) is 23.5. The number of aldehydes is 1. The number of anilines is 1. The van der Waals surface area contributed by atoms with Gasteiger partial charge < -0.3 is 45.4 Å². The Morgan fingerprint density at radius 3 is 2.35 bits per heavy atom. The van der Waals surface area contributed by atoms with Crippen LogP contribution in [-0.2, 0) is 32.0 Å². The van der Waals surface area contributed by atoms with Crippen molar-refractivity contribution in [2.75, 3.05) is 18.9 Å². The van der Waals surface area contributed by atoms with Crippen LogP contribution in [0.25, 0.3) is 11.2 Å². The molecule has 3 aromatic rings. The second-order valence-electron chi connectivity index (χ2n) is 9.49. The number of carbonyl (C=O) groups is 1. The number of ether oxygens (including phenoxy) is 2. The molecular weight excluding hydrogens is 622 g/mol. The van der Waals surface area contributed by atoms with Crippen molar-refractivity contribution in [3.63, 3.8) is 0 Å². The lowest BCUT2D eigenvalue weighted by atomic mass is 10.1. The molecule has 5 rings (SSSR count). The van der Waals surface area contributed by atoms with Crippen molar-refractivity contribution in [2.45, 2.75) is 49.1 Å². The number of fused-ring (bicyclic) bond motifs is 1. The monoisotopic (exact) mass is 649 g/mol. The van der Waals surface area contributed by atoms with Crippen molar-refractivity contribution in [3.8, 4) is 0 Å². The number of aliphatic hydroxyl groups is 4. The average Bonchev–Trinajstić information content (AvgIpc) is 3.60. The summed E-state index contributed by atoms with van der Waals surface area (Å²) in [6, 6.07) is 2.98. The van der Waals surface area contributed by atoms with Crippen LogP contribution >= 0.6 is 15.6 Å². The van der Waals surface area contributed by atoms with Crippen LogP contribution in [0.4, 0.5) is 5.82 Å². The predicted octanol–water partition coefficient (Wildman–Crippen LogP) is -2.30. The van der Waals surface area contributed by atoms with Crippen molar-refractivity contribution in [2.24, 2.45) is 0 Å². The van der Waals surface area contributed by atoms with E-state index in [4.69, 9.17) is 24.3 Å². The van der Waals surface area contributed by atoms with Crippen molar-refractivity contribution in [3.05, 3.63) is 42.7 Å². The molecule has 1 unspecified atom stereocenters. The highest BCUT2D eigenvalue weighted by atomic mass is 31.3. The number of aromatic nitrogens is 5. The van der Waals surface area contributed by atoms with E-state index < -0.39 is 77.9 Å². The third-order valence-electron chi connectivity index (χ3n) is 6.61. The molecule has 0 radical (unpaired) electrons. The van der Waals surface area contributed by atoms with E-state index in [1.54, 1.807) is 0 Å². The Hall–Kier alpha value is -2.81. The highest BCUT2D eigenvalue weighted by molar-refractivity contribution is 7.61. The van der Waals surface area contributed by atoms with E-state index in [0.29, 0.717) is 6.29 Å². The summed E-state index contributed by atoms with van der Waals surface area (Å²) >= 11 is 0. The van der Waals surface area contributed by atoms with Crippen molar-refractivity contribution < 1.29 is 71.5 Å². The third kappa shape index (κ3) is 6.66. The van der Waals surface area contributed by atoms with E-state index in [1.165, 1.54) is 40.0 Å². The van der Waals surface area contributed by atoms with E-state index in [9.17, 15) is 44.1 Å². The standard InChI is InChI=1S/C21H26N6O14P2/c22-18-13-19(24-8-23-18)27(9-25-13)21-17(32)15(30)12(40-21)7-38-43(36,41-42(33,34)35)37-6-11-14(29)16(31)20(39-11)26-3-1-2-10(4-26)5-28/h1-5,8-9,11-12,14-17,20-21,29-32H,6-7H2,(H3-,22,23,24,33,34,35)/p+1/t11-,12-,14-,15-,16-,17-,20-,21-,43?/m1/s1. The molecule has 0 aliphatic carbocycles. The number of nitrogen functional groups attached to an aromatic ring is 1. The number of nitrogens with zero attached hydrogens (tertiary/aromatic N) is 5. The van der Waals surface area contributed by atoms with Gasteiger partial charge in [-0.1, -0.05) is 0 Å². The van der Waals surface area contributed by atoms with E-state index in [1.807, 2.05) is 0 Å². The Kier molecular flexibility index (Phi) is 9.04. The Morgan fingerprint density at radius 1 is 1.00 bits per heavy atom. The van der Waals surface area contributed by atoms with Gasteiger partial charge in [-0.3, -0.25) is 18.4 Å². The number of imidazole rings is 1. The fraction of sp³-hybridized carbons (Fsp3) is 0.476. The van der Waals surface area contributed by atoms with Gasteiger partial charge in [-0.2, -0.15) is 8.88 Å². The zero-order chi connectivity index (χ0) is 31.1. The van der Waals surface area contributed by atoms with Crippen molar-refractivity contribution >= 4 is 38.9 Å². The number of hydrogen-bond acceptors (Lipinski definition) is 16. The minimum absolute atomic E-state index is 0.0487. The lowest BCUT2D eigenvalue weighted by molar-refractivity contribution is -0.765. The molecule has 0 saturated carbocycles. The van der Waals surface area contributed by atoms with E-state index in [0.717, 1.165) is 6.33 Å². The summed E-state index contributed by atoms with van der Waals surface area (Å²) in [5, 5.41) is 42.1. The summed E-state index contributed by atoms with van der Waals surface area (Å²) in [5.41, 5.74) is 6.36. The van der Waals surface area contributed by atoms with Crippen LogP contribution in [0, 0.1) is 0 Å². The lowest BCUT2D eigenvalue weighted by Crippen LogP contribution is -2.46. The Morgan fingerprint density at radius 2 is 1.67 bits per heavy atom. The molecule has 0 spiro atoms. The summed E-state index contributed by atoms with van der Waals surface area (Å²) in [4.78, 5) is 41.6. The minimum atomic E-state index is -5.51. The van der Waals surface area contributed by atoms with Gasteiger partial charge in [0.25, 0.3) is 6.23 Å². The minimum Gasteiger partial charge on any atom is -0.387 e. The molecule has 5 heterocycles. The SMILES string of the molecule is Nc1ncnc2c1ncn2[C@@H]1O[C@H](COP(=O)(OC[C@H]2O[C@@H]([n+]3cccc(C=O)c3)[C@H](O)[C@@H]2O)OP(=O)(O)O)[C@@H](O)[C@H]1O. The quantitative estimate of drug-likeness (QED) is 0.0652. The number of rotatable bonds is 11. The van der Waals surface area contributed by atoms with Gasteiger partial charge in [-0.25, -0.2) is 24.1 Å². The maximum atomic E-state index is 13.2. The van der Waals surface area contributed by atoms with Crippen LogP contribution in [-0.4, -0.2) is 106 Å². The maximum Gasteiger partial charge on any atom is 0.483 e. The first kappa shape index (κ1) is 31.6. The van der Waals surface area contributed by atoms with E-state index >= 15 is 0 Å². The molecule has 2 fully saturated rings. The summed E-state index contributed by atoms with van der Waals surface area (Å²) < 4.78 is 52.9. The number of hydrogen-bond donors (Lipinski definition) is 7. The van der Waals surface area contributed by atoms with Crippen LogP contribution < -0.4 is 10.3 Å².